The number of benzene rings is 1. The van der Waals surface area contributed by atoms with Gasteiger partial charge in [0.25, 0.3) is 0 Å². The van der Waals surface area contributed by atoms with Gasteiger partial charge in [-0.15, -0.1) is 10.2 Å². The minimum atomic E-state index is -0.175. The molecular formula is C24H27N5O2S2. The van der Waals surface area contributed by atoms with E-state index in [-0.39, 0.29) is 23.7 Å². The minimum absolute atomic E-state index is 0.159. The van der Waals surface area contributed by atoms with Crippen LogP contribution in [0.5, 0.6) is 0 Å². The third-order valence-electron chi connectivity index (χ3n) is 7.26. The number of carbonyl (C=O) groups is 2. The molecule has 6 rings (SSSR count). The van der Waals surface area contributed by atoms with Gasteiger partial charge in [-0.2, -0.15) is 5.26 Å². The quantitative estimate of drug-likeness (QED) is 0.428. The fourth-order valence-electron chi connectivity index (χ4n) is 6.19. The molecule has 7 nitrogen and oxygen atoms in total. The monoisotopic (exact) mass is 481 g/mol. The smallest absolute Gasteiger partial charge is 0.227 e. The predicted molar refractivity (Wildman–Crippen MR) is 127 cm³/mol. The zero-order chi connectivity index (χ0) is 22.8. The number of nitriles is 1. The minimum Gasteiger partial charge on any atom is -0.355 e. The summed E-state index contributed by atoms with van der Waals surface area (Å²) in [7, 11) is 0. The van der Waals surface area contributed by atoms with E-state index in [0.717, 1.165) is 46.9 Å². The SMILES string of the molecule is N#Cc1ccc(CSc2nnc(NC(=O)CCNC(=O)C34CC5CC(CC(C5)C3)C4)s2)cc1. The number of hydrogen-bond acceptors (Lipinski definition) is 7. The van der Waals surface area contributed by atoms with Crippen molar-refractivity contribution < 1.29 is 9.59 Å². The van der Waals surface area contributed by atoms with Crippen molar-refractivity contribution in [3.8, 4) is 6.07 Å². The summed E-state index contributed by atoms with van der Waals surface area (Å²) in [5, 5.41) is 23.4. The lowest BCUT2D eigenvalue weighted by Crippen LogP contribution is -2.53. The molecule has 0 saturated heterocycles. The predicted octanol–water partition coefficient (Wildman–Crippen LogP) is 4.36. The highest BCUT2D eigenvalue weighted by Gasteiger charge is 2.54. The standard InChI is InChI=1S/C24H27N5O2S2/c25-13-15-1-3-16(4-2-15)14-32-23-29-28-22(33-23)27-20(30)5-6-26-21(31)24-10-17-7-18(11-24)9-19(8-17)12-24/h1-4,17-19H,5-12,14H2,(H,26,31)(H,27,28,30). The first-order chi connectivity index (χ1) is 16.0. The maximum atomic E-state index is 13.0. The van der Waals surface area contributed by atoms with Crippen LogP contribution in [0.15, 0.2) is 28.6 Å². The van der Waals surface area contributed by atoms with Gasteiger partial charge < -0.3 is 10.6 Å². The Bertz CT molecular complexity index is 1040. The van der Waals surface area contributed by atoms with E-state index in [1.165, 1.54) is 42.4 Å². The molecule has 172 valence electrons. The van der Waals surface area contributed by atoms with Crippen LogP contribution in [0, 0.1) is 34.5 Å². The lowest BCUT2D eigenvalue weighted by Gasteiger charge is -2.55. The Kier molecular flexibility index (Phi) is 6.39. The Hall–Kier alpha value is -2.44. The summed E-state index contributed by atoms with van der Waals surface area (Å²) in [6.45, 7) is 0.353. The Morgan fingerprint density at radius 2 is 1.76 bits per heavy atom. The molecule has 4 aliphatic carbocycles. The van der Waals surface area contributed by atoms with E-state index in [2.05, 4.69) is 26.9 Å². The van der Waals surface area contributed by atoms with E-state index >= 15 is 0 Å². The molecule has 4 aliphatic rings. The van der Waals surface area contributed by atoms with Crippen LogP contribution in [0.3, 0.4) is 0 Å². The molecular weight excluding hydrogens is 454 g/mol. The molecule has 0 spiro atoms. The summed E-state index contributed by atoms with van der Waals surface area (Å²) in [5.74, 6) is 2.89. The first-order valence-corrected chi connectivity index (χ1v) is 13.3. The molecule has 4 fully saturated rings. The number of carbonyl (C=O) groups excluding carboxylic acids is 2. The van der Waals surface area contributed by atoms with Crippen LogP contribution in [-0.4, -0.2) is 28.6 Å². The number of aromatic nitrogens is 2. The molecule has 0 atom stereocenters. The third kappa shape index (κ3) is 5.07. The Morgan fingerprint density at radius 1 is 1.09 bits per heavy atom. The van der Waals surface area contributed by atoms with E-state index in [1.807, 2.05) is 12.1 Å². The molecule has 0 unspecified atom stereocenters. The van der Waals surface area contributed by atoms with E-state index < -0.39 is 0 Å². The average Bonchev–Trinajstić information content (AvgIpc) is 3.24. The van der Waals surface area contributed by atoms with Gasteiger partial charge in [-0.3, -0.25) is 9.59 Å². The number of rotatable bonds is 8. The van der Waals surface area contributed by atoms with Crippen LogP contribution >= 0.6 is 23.1 Å². The van der Waals surface area contributed by atoms with Gasteiger partial charge in [0.05, 0.1) is 11.6 Å². The Morgan fingerprint density at radius 3 is 2.39 bits per heavy atom. The molecule has 4 bridgehead atoms. The largest absolute Gasteiger partial charge is 0.355 e. The lowest BCUT2D eigenvalue weighted by atomic mass is 9.49. The van der Waals surface area contributed by atoms with Gasteiger partial charge in [0.1, 0.15) is 0 Å². The second kappa shape index (κ2) is 9.43. The first-order valence-electron chi connectivity index (χ1n) is 11.5. The van der Waals surface area contributed by atoms with Crippen LogP contribution in [0.1, 0.15) is 56.1 Å². The summed E-state index contributed by atoms with van der Waals surface area (Å²) < 4.78 is 0.768. The van der Waals surface area contributed by atoms with Crippen molar-refractivity contribution in [2.75, 3.05) is 11.9 Å². The van der Waals surface area contributed by atoms with Crippen molar-refractivity contribution in [3.63, 3.8) is 0 Å². The number of thioether (sulfide) groups is 1. The van der Waals surface area contributed by atoms with Crippen molar-refractivity contribution in [1.82, 2.24) is 15.5 Å². The van der Waals surface area contributed by atoms with E-state index in [1.54, 1.807) is 12.1 Å². The highest BCUT2D eigenvalue weighted by atomic mass is 32.2. The molecule has 2 aromatic rings. The molecule has 9 heteroatoms. The van der Waals surface area contributed by atoms with Crippen molar-refractivity contribution in [2.24, 2.45) is 23.2 Å². The molecule has 0 aliphatic heterocycles. The van der Waals surface area contributed by atoms with E-state index in [4.69, 9.17) is 5.26 Å². The molecule has 1 heterocycles. The van der Waals surface area contributed by atoms with Gasteiger partial charge in [0, 0.05) is 24.1 Å². The van der Waals surface area contributed by atoms with E-state index in [0.29, 0.717) is 23.0 Å². The Labute approximate surface area is 201 Å². The summed E-state index contributed by atoms with van der Waals surface area (Å²) >= 11 is 2.87. The van der Waals surface area contributed by atoms with Gasteiger partial charge in [-0.25, -0.2) is 0 Å². The zero-order valence-corrected chi connectivity index (χ0v) is 20.0. The van der Waals surface area contributed by atoms with Crippen molar-refractivity contribution in [3.05, 3.63) is 35.4 Å². The number of amides is 2. The maximum Gasteiger partial charge on any atom is 0.227 e. The number of hydrogen-bond donors (Lipinski definition) is 2. The molecule has 2 amide bonds. The van der Waals surface area contributed by atoms with Crippen LogP contribution in [-0.2, 0) is 15.3 Å². The Balaban J connectivity index is 1.05. The van der Waals surface area contributed by atoms with Gasteiger partial charge in [0.15, 0.2) is 4.34 Å². The summed E-state index contributed by atoms with van der Waals surface area (Å²) in [6.07, 6.45) is 7.26. The normalized spacial score (nSPS) is 27.2. The molecule has 1 aromatic heterocycles. The third-order valence-corrected chi connectivity index (χ3v) is 9.30. The second-order valence-electron chi connectivity index (χ2n) is 9.72. The zero-order valence-electron chi connectivity index (χ0n) is 18.4. The van der Waals surface area contributed by atoms with Gasteiger partial charge >= 0.3 is 0 Å². The molecule has 0 radical (unpaired) electrons. The van der Waals surface area contributed by atoms with Crippen LogP contribution in [0.2, 0.25) is 0 Å². The average molecular weight is 482 g/mol. The molecule has 1 aromatic carbocycles. The van der Waals surface area contributed by atoms with Crippen molar-refractivity contribution in [1.29, 1.82) is 5.26 Å². The molecule has 2 N–H and O–H groups in total. The van der Waals surface area contributed by atoms with Crippen LogP contribution in [0.4, 0.5) is 5.13 Å². The second-order valence-corrected chi connectivity index (χ2v) is 11.9. The first kappa shape index (κ1) is 22.4. The number of nitrogens with zero attached hydrogens (tertiary/aromatic N) is 3. The number of nitrogens with one attached hydrogen (secondary N) is 2. The topological polar surface area (TPSA) is 108 Å². The fourth-order valence-corrected chi connectivity index (χ4v) is 7.91. The highest BCUT2D eigenvalue weighted by molar-refractivity contribution is 8.00. The van der Waals surface area contributed by atoms with E-state index in [9.17, 15) is 9.59 Å². The lowest BCUT2D eigenvalue weighted by molar-refractivity contribution is -0.146. The summed E-state index contributed by atoms with van der Waals surface area (Å²) in [5.41, 5.74) is 1.55. The summed E-state index contributed by atoms with van der Waals surface area (Å²) in [4.78, 5) is 25.3. The molecule has 33 heavy (non-hydrogen) atoms. The van der Waals surface area contributed by atoms with Crippen LogP contribution < -0.4 is 10.6 Å². The summed E-state index contributed by atoms with van der Waals surface area (Å²) in [6, 6.07) is 9.55. The number of anilines is 1. The van der Waals surface area contributed by atoms with Gasteiger partial charge in [-0.1, -0.05) is 35.2 Å². The van der Waals surface area contributed by atoms with Crippen LogP contribution in [0.25, 0.3) is 0 Å². The van der Waals surface area contributed by atoms with Gasteiger partial charge in [-0.05, 0) is 74.0 Å². The van der Waals surface area contributed by atoms with Gasteiger partial charge in [0.2, 0.25) is 16.9 Å². The molecule has 4 saturated carbocycles. The highest BCUT2D eigenvalue weighted by Crippen LogP contribution is 2.60. The maximum absolute atomic E-state index is 13.0. The van der Waals surface area contributed by atoms with Crippen molar-refractivity contribution in [2.45, 2.75) is 55.0 Å². The van der Waals surface area contributed by atoms with Crippen molar-refractivity contribution >= 4 is 40.0 Å². The fraction of sp³-hybridized carbons (Fsp3) is 0.542.